The molecule has 304 valence electrons. The van der Waals surface area contributed by atoms with Gasteiger partial charge in [0.05, 0.1) is 25.9 Å². The van der Waals surface area contributed by atoms with E-state index in [9.17, 15) is 39.3 Å². The minimum atomic E-state index is -2.35. The van der Waals surface area contributed by atoms with Crippen LogP contribution in [0.15, 0.2) is 45.6 Å². The summed E-state index contributed by atoms with van der Waals surface area (Å²) in [4.78, 5) is 67.4. The second-order valence-electron chi connectivity index (χ2n) is 16.8. The Balaban J connectivity index is 0.908. The van der Waals surface area contributed by atoms with Gasteiger partial charge in [-0.3, -0.25) is 14.4 Å². The molecule has 14 heteroatoms. The number of hydrogen-bond donors (Lipinski definition) is 3. The molecule has 2 aromatic rings. The van der Waals surface area contributed by atoms with Gasteiger partial charge in [0.25, 0.3) is 0 Å². The van der Waals surface area contributed by atoms with Crippen molar-refractivity contribution >= 4 is 40.3 Å². The molecule has 8 rings (SSSR count). The number of Topliss-reactive ketones (excluding diaryl/α,β-unsaturated/α-hetero) is 1. The molecule has 56 heavy (non-hydrogen) atoms. The van der Waals surface area contributed by atoms with Gasteiger partial charge in [0, 0.05) is 66.7 Å². The van der Waals surface area contributed by atoms with Crippen molar-refractivity contribution in [3.8, 4) is 0 Å². The minimum absolute atomic E-state index is 0.0299. The highest BCUT2D eigenvalue weighted by Crippen LogP contribution is 2.76. The van der Waals surface area contributed by atoms with Crippen LogP contribution in [0.4, 0.5) is 5.69 Å². The van der Waals surface area contributed by atoms with Crippen molar-refractivity contribution in [2.45, 2.75) is 103 Å². The number of esters is 3. The largest absolute Gasteiger partial charge is 0.466 e. The summed E-state index contributed by atoms with van der Waals surface area (Å²) >= 11 is 0. The topological polar surface area (TPSA) is 199 Å². The molecular weight excluding hydrogens is 726 g/mol. The number of carbonyl (C=O) groups excluding carboxylic acids is 4. The predicted molar refractivity (Wildman–Crippen MR) is 200 cm³/mol. The summed E-state index contributed by atoms with van der Waals surface area (Å²) in [6.45, 7) is 13.4. The van der Waals surface area contributed by atoms with Gasteiger partial charge in [0.1, 0.15) is 28.8 Å². The van der Waals surface area contributed by atoms with Crippen LogP contribution in [0.1, 0.15) is 89.4 Å². The number of fused-ring (bicyclic) bond motifs is 3. The maximum Gasteiger partial charge on any atom is 0.351 e. The van der Waals surface area contributed by atoms with Crippen LogP contribution in [0.25, 0.3) is 11.0 Å². The summed E-state index contributed by atoms with van der Waals surface area (Å²) in [6, 6.07) is 6.85. The number of aliphatic hydroxyl groups excluding tert-OH is 2. The molecule has 2 saturated heterocycles. The van der Waals surface area contributed by atoms with Crippen LogP contribution in [-0.2, 0) is 33.3 Å². The Kier molecular flexibility index (Phi) is 10.5. The lowest BCUT2D eigenvalue weighted by molar-refractivity contribution is -0.458. The van der Waals surface area contributed by atoms with E-state index in [2.05, 4.69) is 11.5 Å². The van der Waals surface area contributed by atoms with Crippen LogP contribution in [0, 0.1) is 34.0 Å². The van der Waals surface area contributed by atoms with Crippen molar-refractivity contribution in [3.63, 3.8) is 0 Å². The Morgan fingerprint density at radius 2 is 1.68 bits per heavy atom. The SMILES string of the molecule is C=C1C(=O)[C@]23[C@H](OC(=O)CCCC(=O)OCCCOC(=O)c4cc5ccc(N(CC)CC)cc5oc4=O)[C@H]1CC[C@H]2[C@@]12CO[C@@]3(O)[C@@H](O)[C@@H]1C(C)(C)CC[C@@H]2O. The molecule has 2 spiro atoms. The van der Waals surface area contributed by atoms with Crippen molar-refractivity contribution in [2.75, 3.05) is 37.8 Å². The number of benzene rings is 1. The van der Waals surface area contributed by atoms with Crippen LogP contribution in [0.3, 0.4) is 0 Å². The number of ether oxygens (including phenoxy) is 4. The maximum atomic E-state index is 14.3. The van der Waals surface area contributed by atoms with E-state index in [1.165, 1.54) is 6.07 Å². The zero-order valence-corrected chi connectivity index (χ0v) is 32.5. The van der Waals surface area contributed by atoms with Crippen LogP contribution < -0.4 is 10.5 Å². The lowest BCUT2D eigenvalue weighted by Crippen LogP contribution is -2.85. The van der Waals surface area contributed by atoms with E-state index in [-0.39, 0.29) is 56.6 Å². The first-order chi connectivity index (χ1) is 26.6. The summed E-state index contributed by atoms with van der Waals surface area (Å²) < 4.78 is 28.0. The normalized spacial score (nSPS) is 33.8. The van der Waals surface area contributed by atoms with Crippen molar-refractivity contribution in [2.24, 2.45) is 34.0 Å². The number of ketones is 1. The van der Waals surface area contributed by atoms with Gasteiger partial charge in [-0.05, 0) is 81.1 Å². The molecule has 6 fully saturated rings. The molecule has 1 aromatic carbocycles. The average molecular weight is 780 g/mol. The second kappa shape index (κ2) is 14.7. The molecule has 3 heterocycles. The third-order valence-corrected chi connectivity index (χ3v) is 13.7. The van der Waals surface area contributed by atoms with E-state index in [1.807, 2.05) is 33.8 Å². The maximum absolute atomic E-state index is 14.3. The number of anilines is 1. The van der Waals surface area contributed by atoms with E-state index in [4.69, 9.17) is 23.4 Å². The number of carbonyl (C=O) groups is 4. The quantitative estimate of drug-likeness (QED) is 0.0871. The zero-order chi connectivity index (χ0) is 40.4. The molecule has 9 atom stereocenters. The average Bonchev–Trinajstić information content (AvgIpc) is 3.27. The first kappa shape index (κ1) is 40.1. The van der Waals surface area contributed by atoms with Crippen LogP contribution >= 0.6 is 0 Å². The molecule has 4 aliphatic carbocycles. The van der Waals surface area contributed by atoms with Crippen molar-refractivity contribution in [1.29, 1.82) is 0 Å². The van der Waals surface area contributed by atoms with Gasteiger partial charge in [-0.15, -0.1) is 0 Å². The fourth-order valence-corrected chi connectivity index (χ4v) is 11.2. The third-order valence-electron chi connectivity index (χ3n) is 13.7. The van der Waals surface area contributed by atoms with Crippen LogP contribution in [-0.4, -0.2) is 96.0 Å². The summed E-state index contributed by atoms with van der Waals surface area (Å²) in [5.41, 5.74) is -2.93. The highest BCUT2D eigenvalue weighted by molar-refractivity contribution is 6.05. The molecular formula is C42H53NO13. The summed E-state index contributed by atoms with van der Waals surface area (Å²) in [5.74, 6) is -6.76. The van der Waals surface area contributed by atoms with E-state index in [0.29, 0.717) is 36.7 Å². The smallest absolute Gasteiger partial charge is 0.351 e. The minimum Gasteiger partial charge on any atom is -0.466 e. The van der Waals surface area contributed by atoms with Gasteiger partial charge < -0.3 is 43.6 Å². The molecule has 4 saturated carbocycles. The predicted octanol–water partition coefficient (Wildman–Crippen LogP) is 3.84. The number of rotatable bonds is 13. The van der Waals surface area contributed by atoms with Gasteiger partial charge in [0.2, 0.25) is 5.79 Å². The molecule has 3 N–H and O–H groups in total. The first-order valence-electron chi connectivity index (χ1n) is 19.9. The van der Waals surface area contributed by atoms with Crippen LogP contribution in [0.5, 0.6) is 0 Å². The molecule has 1 aromatic heterocycles. The molecule has 0 unspecified atom stereocenters. The molecule has 6 aliphatic rings. The van der Waals surface area contributed by atoms with E-state index in [0.717, 1.165) is 18.8 Å². The van der Waals surface area contributed by atoms with Crippen LogP contribution in [0.2, 0.25) is 0 Å². The summed E-state index contributed by atoms with van der Waals surface area (Å²) in [7, 11) is 0. The Labute approximate surface area is 325 Å². The molecule has 14 nitrogen and oxygen atoms in total. The summed E-state index contributed by atoms with van der Waals surface area (Å²) in [5, 5.41) is 36.4. The van der Waals surface area contributed by atoms with Gasteiger partial charge in [-0.25, -0.2) is 9.59 Å². The van der Waals surface area contributed by atoms with Gasteiger partial charge in [-0.1, -0.05) is 20.4 Å². The summed E-state index contributed by atoms with van der Waals surface area (Å²) in [6.07, 6.45) is -1.65. The highest BCUT2D eigenvalue weighted by Gasteiger charge is 2.87. The highest BCUT2D eigenvalue weighted by atomic mass is 16.7. The molecule has 4 bridgehead atoms. The molecule has 2 aliphatic heterocycles. The monoisotopic (exact) mass is 779 g/mol. The lowest BCUT2D eigenvalue weighted by atomic mass is 9.35. The fourth-order valence-electron chi connectivity index (χ4n) is 11.2. The van der Waals surface area contributed by atoms with Crippen molar-refractivity contribution < 1.29 is 57.9 Å². The Morgan fingerprint density at radius 1 is 0.964 bits per heavy atom. The van der Waals surface area contributed by atoms with E-state index >= 15 is 0 Å². The number of aliphatic hydroxyl groups is 3. The fraction of sp³-hybridized carbons (Fsp3) is 0.643. The Hall–Kier alpha value is -4.11. The standard InChI is InChI=1S/C42H53NO13/c1-6-43(7-2)25-13-12-24-20-27(38(50)55-28(24)21-25)37(49)53-19-9-18-52-31(45)10-8-11-32(46)56-36-26-14-15-29-40-22-54-42(51,41(29,36)34(47)23(26)3)35(48)33(40)39(4,5)17-16-30(40)44/h12-13,20-21,26,29-30,33,35-36,44,48,51H,3,6-11,14-19,22H2,1-2,4-5H3/t26-,29-,30-,33+,35-,36+,40+,41-,42-/m0/s1. The second-order valence-corrected chi connectivity index (χ2v) is 16.8. The van der Waals surface area contributed by atoms with E-state index in [1.54, 1.807) is 12.1 Å². The Bertz CT molecular complexity index is 1990. The molecule has 0 amide bonds. The van der Waals surface area contributed by atoms with E-state index < -0.39 is 87.4 Å². The first-order valence-corrected chi connectivity index (χ1v) is 19.9. The van der Waals surface area contributed by atoms with Crippen molar-refractivity contribution in [1.82, 2.24) is 0 Å². The number of nitrogens with zero attached hydrogens (tertiary/aromatic N) is 1. The van der Waals surface area contributed by atoms with Crippen molar-refractivity contribution in [3.05, 3.63) is 52.4 Å². The van der Waals surface area contributed by atoms with Gasteiger partial charge in [0.15, 0.2) is 5.78 Å². The Morgan fingerprint density at radius 3 is 2.41 bits per heavy atom. The zero-order valence-electron chi connectivity index (χ0n) is 32.5. The lowest BCUT2D eigenvalue weighted by Gasteiger charge is -2.74. The number of hydrogen-bond acceptors (Lipinski definition) is 14. The van der Waals surface area contributed by atoms with Gasteiger partial charge >= 0.3 is 23.5 Å². The third kappa shape index (κ3) is 5.92. The molecule has 0 radical (unpaired) electrons. The van der Waals surface area contributed by atoms with Gasteiger partial charge in [-0.2, -0.15) is 0 Å².